The third kappa shape index (κ3) is 3.82. The molecule has 0 bridgehead atoms. The van der Waals surface area contributed by atoms with Gasteiger partial charge in [-0.1, -0.05) is 19.9 Å². The summed E-state index contributed by atoms with van der Waals surface area (Å²) in [7, 11) is 2.13. The number of pyridine rings is 1. The summed E-state index contributed by atoms with van der Waals surface area (Å²) in [6.07, 6.45) is 2.73. The second-order valence-electron chi connectivity index (χ2n) is 7.01. The minimum absolute atomic E-state index is 0.158. The highest BCUT2D eigenvalue weighted by molar-refractivity contribution is 5.23. The summed E-state index contributed by atoms with van der Waals surface area (Å²) in [5.41, 5.74) is 3.55. The molecule has 6 heteroatoms. The van der Waals surface area contributed by atoms with Crippen LogP contribution in [0.25, 0.3) is 0 Å². The van der Waals surface area contributed by atoms with Crippen molar-refractivity contribution in [3.05, 3.63) is 41.2 Å². The van der Waals surface area contributed by atoms with Gasteiger partial charge in [-0.3, -0.25) is 15.0 Å². The standard InChI is InChI=1S/C18H27N5O/c1-12(2)16-6-5-14(13(3)21-16)9-23(4)10-17-15(7-8-24-17)18-19-11-20-22-18/h5-6,11-12,15,17H,7-10H2,1-4H3,(H,19,20,22)/t15-,17-/m1/s1. The van der Waals surface area contributed by atoms with E-state index in [1.807, 2.05) is 0 Å². The van der Waals surface area contributed by atoms with Crippen molar-refractivity contribution in [3.8, 4) is 0 Å². The average Bonchev–Trinajstić information content (AvgIpc) is 3.19. The van der Waals surface area contributed by atoms with Gasteiger partial charge in [0.25, 0.3) is 0 Å². The van der Waals surface area contributed by atoms with Crippen LogP contribution >= 0.6 is 0 Å². The van der Waals surface area contributed by atoms with Gasteiger partial charge in [0.05, 0.1) is 6.10 Å². The van der Waals surface area contributed by atoms with Crippen LogP contribution in [0.1, 0.15) is 54.9 Å². The molecule has 2 aromatic rings. The third-order valence-electron chi connectivity index (χ3n) is 4.73. The molecule has 1 fully saturated rings. The van der Waals surface area contributed by atoms with Crippen LogP contribution in [0.3, 0.4) is 0 Å². The summed E-state index contributed by atoms with van der Waals surface area (Å²) >= 11 is 0. The first-order valence-electron chi connectivity index (χ1n) is 8.66. The van der Waals surface area contributed by atoms with Crippen LogP contribution in [0, 0.1) is 6.92 Å². The molecular formula is C18H27N5O. The molecule has 0 saturated carbocycles. The van der Waals surface area contributed by atoms with E-state index in [1.165, 1.54) is 5.56 Å². The van der Waals surface area contributed by atoms with Gasteiger partial charge in [0.2, 0.25) is 0 Å². The van der Waals surface area contributed by atoms with E-state index in [1.54, 1.807) is 6.33 Å². The molecule has 0 aliphatic carbocycles. The Bertz CT molecular complexity index is 655. The molecular weight excluding hydrogens is 302 g/mol. The van der Waals surface area contributed by atoms with Crippen LogP contribution in [0.2, 0.25) is 0 Å². The third-order valence-corrected chi connectivity index (χ3v) is 4.73. The second-order valence-corrected chi connectivity index (χ2v) is 7.01. The first-order chi connectivity index (χ1) is 11.5. The quantitative estimate of drug-likeness (QED) is 0.882. The van der Waals surface area contributed by atoms with E-state index in [9.17, 15) is 0 Å². The lowest BCUT2D eigenvalue weighted by molar-refractivity contribution is 0.0710. The second kappa shape index (κ2) is 7.40. The predicted octanol–water partition coefficient (Wildman–Crippen LogP) is 2.64. The molecule has 24 heavy (non-hydrogen) atoms. The number of hydrogen-bond donors (Lipinski definition) is 1. The van der Waals surface area contributed by atoms with Crippen molar-refractivity contribution in [2.24, 2.45) is 0 Å². The number of nitrogens with one attached hydrogen (secondary N) is 1. The Labute approximate surface area is 143 Å². The van der Waals surface area contributed by atoms with Crippen molar-refractivity contribution in [2.75, 3.05) is 20.2 Å². The molecule has 0 amide bonds. The van der Waals surface area contributed by atoms with Crippen molar-refractivity contribution in [2.45, 2.75) is 51.7 Å². The zero-order valence-corrected chi connectivity index (χ0v) is 15.0. The van der Waals surface area contributed by atoms with Gasteiger partial charge in [0, 0.05) is 37.0 Å². The number of likely N-dealkylation sites (N-methyl/N-ethyl adjacent to an activating group) is 1. The molecule has 0 radical (unpaired) electrons. The molecule has 2 aromatic heterocycles. The van der Waals surface area contributed by atoms with Crippen molar-refractivity contribution in [1.82, 2.24) is 25.1 Å². The molecule has 1 N–H and O–H groups in total. The minimum Gasteiger partial charge on any atom is -0.376 e. The summed E-state index contributed by atoms with van der Waals surface area (Å²) < 4.78 is 5.93. The Morgan fingerprint density at radius 1 is 1.38 bits per heavy atom. The lowest BCUT2D eigenvalue weighted by Crippen LogP contribution is -2.32. The Morgan fingerprint density at radius 2 is 2.21 bits per heavy atom. The summed E-state index contributed by atoms with van der Waals surface area (Å²) in [4.78, 5) is 11.3. The zero-order chi connectivity index (χ0) is 17.1. The van der Waals surface area contributed by atoms with Gasteiger partial charge < -0.3 is 4.74 Å². The van der Waals surface area contributed by atoms with Gasteiger partial charge >= 0.3 is 0 Å². The van der Waals surface area contributed by atoms with E-state index >= 15 is 0 Å². The van der Waals surface area contributed by atoms with E-state index in [-0.39, 0.29) is 6.10 Å². The van der Waals surface area contributed by atoms with Crippen LogP contribution in [0.15, 0.2) is 18.5 Å². The Hall–Kier alpha value is -1.79. The summed E-state index contributed by atoms with van der Waals surface area (Å²) in [5.74, 6) is 1.70. The molecule has 3 rings (SSSR count). The fourth-order valence-electron chi connectivity index (χ4n) is 3.30. The van der Waals surface area contributed by atoms with E-state index in [2.05, 4.69) is 60.0 Å². The Kier molecular flexibility index (Phi) is 5.26. The number of nitrogens with zero attached hydrogens (tertiary/aromatic N) is 4. The maximum Gasteiger partial charge on any atom is 0.137 e. The van der Waals surface area contributed by atoms with Gasteiger partial charge in [-0.15, -0.1) is 0 Å². The number of aromatic amines is 1. The highest BCUT2D eigenvalue weighted by atomic mass is 16.5. The molecule has 2 atom stereocenters. The predicted molar refractivity (Wildman–Crippen MR) is 92.9 cm³/mol. The number of aryl methyl sites for hydroxylation is 1. The maximum absolute atomic E-state index is 5.93. The number of aromatic nitrogens is 4. The van der Waals surface area contributed by atoms with E-state index in [4.69, 9.17) is 9.72 Å². The smallest absolute Gasteiger partial charge is 0.137 e. The van der Waals surface area contributed by atoms with Gasteiger partial charge in [-0.25, -0.2) is 4.98 Å². The van der Waals surface area contributed by atoms with E-state index in [0.29, 0.717) is 11.8 Å². The normalized spacial score (nSPS) is 21.1. The first kappa shape index (κ1) is 17.0. The SMILES string of the molecule is Cc1nc(C(C)C)ccc1CN(C)C[C@H]1OCC[C@H]1c1ncn[nH]1. The van der Waals surface area contributed by atoms with Crippen LogP contribution < -0.4 is 0 Å². The fourth-order valence-corrected chi connectivity index (χ4v) is 3.30. The summed E-state index contributed by atoms with van der Waals surface area (Å²) in [6, 6.07) is 4.35. The van der Waals surface area contributed by atoms with Gasteiger partial charge in [-0.05, 0) is 37.9 Å². The van der Waals surface area contributed by atoms with E-state index in [0.717, 1.165) is 43.3 Å². The van der Waals surface area contributed by atoms with Crippen molar-refractivity contribution in [1.29, 1.82) is 0 Å². The highest BCUT2D eigenvalue weighted by Crippen LogP contribution is 2.29. The Balaban J connectivity index is 1.62. The number of H-pyrrole nitrogens is 1. The topological polar surface area (TPSA) is 66.9 Å². The molecule has 3 heterocycles. The van der Waals surface area contributed by atoms with Crippen LogP contribution in [-0.2, 0) is 11.3 Å². The monoisotopic (exact) mass is 329 g/mol. The number of hydrogen-bond acceptors (Lipinski definition) is 5. The molecule has 0 aromatic carbocycles. The summed E-state index contributed by atoms with van der Waals surface area (Å²) in [6.45, 7) is 8.98. The molecule has 1 saturated heterocycles. The summed E-state index contributed by atoms with van der Waals surface area (Å²) in [5, 5.41) is 6.96. The molecule has 0 spiro atoms. The average molecular weight is 329 g/mol. The zero-order valence-electron chi connectivity index (χ0n) is 15.0. The lowest BCUT2D eigenvalue weighted by Gasteiger charge is -2.24. The minimum atomic E-state index is 0.158. The van der Waals surface area contributed by atoms with Crippen molar-refractivity contribution in [3.63, 3.8) is 0 Å². The molecule has 1 aliphatic heterocycles. The number of ether oxygens (including phenoxy) is 1. The van der Waals surface area contributed by atoms with Crippen LogP contribution in [0.5, 0.6) is 0 Å². The largest absolute Gasteiger partial charge is 0.376 e. The van der Waals surface area contributed by atoms with E-state index < -0.39 is 0 Å². The molecule has 1 aliphatic rings. The lowest BCUT2D eigenvalue weighted by atomic mass is 10.00. The number of rotatable bonds is 6. The van der Waals surface area contributed by atoms with Gasteiger partial charge in [0.15, 0.2) is 0 Å². The van der Waals surface area contributed by atoms with Gasteiger partial charge in [-0.2, -0.15) is 5.10 Å². The van der Waals surface area contributed by atoms with Gasteiger partial charge in [0.1, 0.15) is 12.2 Å². The first-order valence-corrected chi connectivity index (χ1v) is 8.66. The Morgan fingerprint density at radius 3 is 2.88 bits per heavy atom. The molecule has 6 nitrogen and oxygen atoms in total. The van der Waals surface area contributed by atoms with Crippen molar-refractivity contribution < 1.29 is 4.74 Å². The molecule has 0 unspecified atom stereocenters. The van der Waals surface area contributed by atoms with Crippen LogP contribution in [0.4, 0.5) is 0 Å². The molecule has 130 valence electrons. The van der Waals surface area contributed by atoms with Crippen LogP contribution in [-0.4, -0.2) is 51.4 Å². The fraction of sp³-hybridized carbons (Fsp3) is 0.611. The maximum atomic E-state index is 5.93. The highest BCUT2D eigenvalue weighted by Gasteiger charge is 2.32. The van der Waals surface area contributed by atoms with Crippen molar-refractivity contribution >= 4 is 0 Å².